The number of nitrogens with one attached hydrogen (secondary N) is 2. The lowest BCUT2D eigenvalue weighted by atomic mass is 10.0. The van der Waals surface area contributed by atoms with Crippen molar-refractivity contribution in [3.8, 4) is 22.6 Å². The first-order valence-electron chi connectivity index (χ1n) is 8.23. The fourth-order valence-electron chi connectivity index (χ4n) is 2.73. The van der Waals surface area contributed by atoms with E-state index in [1.165, 1.54) is 23.1 Å². The number of rotatable bonds is 5. The smallest absolute Gasteiger partial charge is 0.267 e. The molecule has 0 saturated heterocycles. The van der Waals surface area contributed by atoms with Gasteiger partial charge >= 0.3 is 0 Å². The Labute approximate surface area is 174 Å². The van der Waals surface area contributed by atoms with Gasteiger partial charge in [-0.1, -0.05) is 24.3 Å². The number of aromatic amines is 1. The molecule has 3 rings (SSSR count). The second-order valence-corrected chi connectivity index (χ2v) is 7.65. The summed E-state index contributed by atoms with van der Waals surface area (Å²) in [7, 11) is 0. The van der Waals surface area contributed by atoms with Crippen molar-refractivity contribution in [2.24, 2.45) is 16.8 Å². The van der Waals surface area contributed by atoms with Crippen LogP contribution in [0.2, 0.25) is 0 Å². The molecule has 0 aliphatic heterocycles. The van der Waals surface area contributed by atoms with E-state index in [-0.39, 0.29) is 11.1 Å². The molecule has 0 unspecified atom stereocenters. The number of nitrogens with zero attached hydrogens (tertiary/aromatic N) is 3. The summed E-state index contributed by atoms with van der Waals surface area (Å²) in [4.78, 5) is 15.8. The van der Waals surface area contributed by atoms with E-state index < -0.39 is 5.56 Å². The molecule has 0 aliphatic carbocycles. The van der Waals surface area contributed by atoms with Gasteiger partial charge in [0.1, 0.15) is 17.7 Å². The Hall–Kier alpha value is -3.57. The highest BCUT2D eigenvalue weighted by Crippen LogP contribution is 2.34. The van der Waals surface area contributed by atoms with E-state index in [1.54, 1.807) is 12.1 Å². The maximum absolute atomic E-state index is 12.4. The van der Waals surface area contributed by atoms with Gasteiger partial charge in [-0.15, -0.1) is 23.1 Å². The van der Waals surface area contributed by atoms with E-state index >= 15 is 0 Å². The summed E-state index contributed by atoms with van der Waals surface area (Å²) in [6, 6.07) is 15.0. The molecule has 0 fully saturated rings. The molecular formula is C19H15N7OS2. The van der Waals surface area contributed by atoms with Gasteiger partial charge in [0, 0.05) is 21.8 Å². The van der Waals surface area contributed by atoms with Crippen molar-refractivity contribution in [1.82, 2.24) is 10.4 Å². The van der Waals surface area contributed by atoms with E-state index in [4.69, 9.17) is 11.7 Å². The van der Waals surface area contributed by atoms with Crippen LogP contribution in [0.25, 0.3) is 10.4 Å². The molecule has 8 nitrogen and oxygen atoms in total. The zero-order valence-corrected chi connectivity index (χ0v) is 16.6. The van der Waals surface area contributed by atoms with Crippen LogP contribution in [0.1, 0.15) is 22.3 Å². The Morgan fingerprint density at radius 2 is 2.03 bits per heavy atom. The summed E-state index contributed by atoms with van der Waals surface area (Å²) >= 11 is 2.67. The van der Waals surface area contributed by atoms with Gasteiger partial charge in [-0.25, -0.2) is 5.84 Å². The van der Waals surface area contributed by atoms with Crippen LogP contribution in [0.4, 0.5) is 0 Å². The number of hydrazine groups is 1. The van der Waals surface area contributed by atoms with Crippen molar-refractivity contribution in [3.05, 3.63) is 74.4 Å². The highest BCUT2D eigenvalue weighted by atomic mass is 32.2. The third-order valence-corrected chi connectivity index (χ3v) is 5.98. The molecule has 6 N–H and O–H groups in total. The zero-order valence-electron chi connectivity index (χ0n) is 15.0. The van der Waals surface area contributed by atoms with Crippen molar-refractivity contribution in [1.29, 1.82) is 10.5 Å². The Balaban J connectivity index is 1.99. The van der Waals surface area contributed by atoms with Crippen LogP contribution in [-0.4, -0.2) is 10.8 Å². The van der Waals surface area contributed by atoms with Crippen molar-refractivity contribution in [2.75, 3.05) is 0 Å². The minimum atomic E-state index is -0.518. The lowest BCUT2D eigenvalue weighted by Gasteiger charge is -2.10. The Morgan fingerprint density at radius 3 is 2.66 bits per heavy atom. The molecule has 0 aliphatic rings. The Kier molecular flexibility index (Phi) is 6.32. The van der Waals surface area contributed by atoms with Gasteiger partial charge in [0.15, 0.2) is 5.84 Å². The van der Waals surface area contributed by atoms with Gasteiger partial charge < -0.3 is 16.3 Å². The molecule has 144 valence electrons. The standard InChI is InChI=1S/C19H15N7OS2/c20-8-13-16(15-5-2-6-28-15)14(9-21)19(24-18(13)27)29-10-11-3-1-4-12(7-11)17(25-22)26-23/h1-7H,10,22-23H2,(H,24,27)(H,25,26). The second kappa shape index (κ2) is 9.08. The molecule has 1 aromatic carbocycles. The second-order valence-electron chi connectivity index (χ2n) is 5.72. The molecule has 0 amide bonds. The lowest BCUT2D eigenvalue weighted by molar-refractivity contribution is 1.00. The van der Waals surface area contributed by atoms with E-state index in [0.29, 0.717) is 32.6 Å². The fraction of sp³-hybridized carbons (Fsp3) is 0.0526. The maximum atomic E-state index is 12.4. The number of H-pyrrole nitrogens is 1. The van der Waals surface area contributed by atoms with Crippen molar-refractivity contribution < 1.29 is 0 Å². The number of thiophene rings is 1. The van der Waals surface area contributed by atoms with Crippen LogP contribution in [0.5, 0.6) is 0 Å². The molecule has 29 heavy (non-hydrogen) atoms. The number of benzene rings is 1. The van der Waals surface area contributed by atoms with Gasteiger partial charge in [0.25, 0.3) is 5.56 Å². The number of hydrogen-bond acceptors (Lipinski definition) is 8. The van der Waals surface area contributed by atoms with E-state index in [1.807, 2.05) is 35.7 Å². The molecule has 10 heteroatoms. The van der Waals surface area contributed by atoms with Crippen LogP contribution in [0.15, 0.2) is 56.7 Å². The molecule has 3 aromatic rings. The lowest BCUT2D eigenvalue weighted by Crippen LogP contribution is -2.32. The van der Waals surface area contributed by atoms with Crippen LogP contribution >= 0.6 is 23.1 Å². The topological polar surface area (TPSA) is 157 Å². The molecule has 0 spiro atoms. The predicted octanol–water partition coefficient (Wildman–Crippen LogP) is 2.22. The largest absolute Gasteiger partial charge is 0.321 e. The van der Waals surface area contributed by atoms with Gasteiger partial charge in [-0.3, -0.25) is 4.79 Å². The Bertz CT molecular complexity index is 1200. The van der Waals surface area contributed by atoms with Gasteiger partial charge in [-0.2, -0.15) is 15.6 Å². The third kappa shape index (κ3) is 4.15. The van der Waals surface area contributed by atoms with Crippen molar-refractivity contribution in [2.45, 2.75) is 10.8 Å². The van der Waals surface area contributed by atoms with Crippen LogP contribution in [0, 0.1) is 22.7 Å². The third-order valence-electron chi connectivity index (χ3n) is 4.02. The number of nitrogens with two attached hydrogens (primary N) is 2. The van der Waals surface area contributed by atoms with E-state index in [0.717, 1.165) is 5.56 Å². The zero-order chi connectivity index (χ0) is 20.8. The average molecular weight is 422 g/mol. The van der Waals surface area contributed by atoms with Crippen molar-refractivity contribution >= 4 is 28.9 Å². The first-order valence-corrected chi connectivity index (χ1v) is 10.1. The summed E-state index contributed by atoms with van der Waals surface area (Å²) in [5.74, 6) is 11.5. The van der Waals surface area contributed by atoms with Gasteiger partial charge in [-0.05, 0) is 23.1 Å². The number of hydrazone groups is 1. The van der Waals surface area contributed by atoms with Gasteiger partial charge in [0.2, 0.25) is 0 Å². The van der Waals surface area contributed by atoms with Crippen LogP contribution in [0.3, 0.4) is 0 Å². The molecule has 0 saturated carbocycles. The Morgan fingerprint density at radius 1 is 1.24 bits per heavy atom. The molecule has 0 bridgehead atoms. The van der Waals surface area contributed by atoms with Crippen LogP contribution in [-0.2, 0) is 5.75 Å². The number of hydrogen-bond donors (Lipinski definition) is 4. The minimum Gasteiger partial charge on any atom is -0.321 e. The SMILES string of the molecule is N#Cc1c(SCc2cccc(/C(=N/N)NN)c2)[nH]c(=O)c(C#N)c1-c1cccs1. The maximum Gasteiger partial charge on any atom is 0.267 e. The van der Waals surface area contributed by atoms with E-state index in [9.17, 15) is 15.3 Å². The molecule has 0 radical (unpaired) electrons. The summed E-state index contributed by atoms with van der Waals surface area (Å²) in [5.41, 5.74) is 4.12. The average Bonchev–Trinajstić information content (AvgIpc) is 3.27. The van der Waals surface area contributed by atoms with Gasteiger partial charge in [0.05, 0.1) is 10.6 Å². The number of nitriles is 2. The number of thioether (sulfide) groups is 1. The molecule has 2 heterocycles. The first-order chi connectivity index (χ1) is 14.1. The predicted molar refractivity (Wildman–Crippen MR) is 114 cm³/mol. The van der Waals surface area contributed by atoms with E-state index in [2.05, 4.69) is 21.6 Å². The molecule has 2 aromatic heterocycles. The van der Waals surface area contributed by atoms with Crippen LogP contribution < -0.4 is 22.7 Å². The number of aromatic nitrogens is 1. The van der Waals surface area contributed by atoms with Crippen molar-refractivity contribution in [3.63, 3.8) is 0 Å². The highest BCUT2D eigenvalue weighted by Gasteiger charge is 2.20. The summed E-state index contributed by atoms with van der Waals surface area (Å²) in [6.07, 6.45) is 0. The minimum absolute atomic E-state index is 0.0619. The first kappa shape index (κ1) is 20.2. The molecule has 0 atom stereocenters. The fourth-order valence-corrected chi connectivity index (χ4v) is 4.46. The number of pyridine rings is 1. The summed E-state index contributed by atoms with van der Waals surface area (Å²) < 4.78 is 0. The highest BCUT2D eigenvalue weighted by molar-refractivity contribution is 7.98. The molecular weight excluding hydrogens is 406 g/mol. The quantitative estimate of drug-likeness (QED) is 0.162. The summed E-state index contributed by atoms with van der Waals surface area (Å²) in [6.45, 7) is 0. The monoisotopic (exact) mass is 421 g/mol. The summed E-state index contributed by atoms with van der Waals surface area (Å²) in [5, 5.41) is 25.0. The normalized spacial score (nSPS) is 10.9. The number of amidine groups is 1.